The summed E-state index contributed by atoms with van der Waals surface area (Å²) < 4.78 is 4.72. The van der Waals surface area contributed by atoms with Crippen LogP contribution in [0.2, 0.25) is 0 Å². The van der Waals surface area contributed by atoms with Gasteiger partial charge in [0.15, 0.2) is 0 Å². The van der Waals surface area contributed by atoms with Gasteiger partial charge in [0.2, 0.25) is 0 Å². The van der Waals surface area contributed by atoms with Crippen LogP contribution in [0.5, 0.6) is 0 Å². The van der Waals surface area contributed by atoms with Gasteiger partial charge in [0, 0.05) is 12.6 Å². The molecule has 0 heterocycles. The van der Waals surface area contributed by atoms with Gasteiger partial charge < -0.3 is 10.5 Å². The van der Waals surface area contributed by atoms with Crippen molar-refractivity contribution in [3.05, 3.63) is 0 Å². The second-order valence-corrected chi connectivity index (χ2v) is 3.36. The average Bonchev–Trinajstić information content (AvgIpc) is 2.23. The molecule has 0 fully saturated rings. The minimum atomic E-state index is -0.306. The molecule has 14 heavy (non-hydrogen) atoms. The van der Waals surface area contributed by atoms with Gasteiger partial charge in [-0.15, -0.1) is 0 Å². The Hall–Kier alpha value is -0.610. The summed E-state index contributed by atoms with van der Waals surface area (Å²) in [6.07, 6.45) is 1.00. The molecule has 0 aliphatic rings. The lowest BCUT2D eigenvalue weighted by Crippen LogP contribution is -2.50. The smallest absolute Gasteiger partial charge is 0.324 e. The summed E-state index contributed by atoms with van der Waals surface area (Å²) >= 11 is 0. The highest BCUT2D eigenvalue weighted by Gasteiger charge is 2.26. The Bertz CT molecular complexity index is 174. The van der Waals surface area contributed by atoms with E-state index in [1.54, 1.807) is 0 Å². The topological polar surface area (TPSA) is 55.6 Å². The number of ether oxygens (including phenoxy) is 1. The molecule has 0 saturated heterocycles. The Morgan fingerprint density at radius 1 is 1.50 bits per heavy atom. The van der Waals surface area contributed by atoms with Crippen LogP contribution in [-0.4, -0.2) is 43.2 Å². The fourth-order valence-corrected chi connectivity index (χ4v) is 1.58. The second-order valence-electron chi connectivity index (χ2n) is 3.36. The maximum atomic E-state index is 11.4. The van der Waals surface area contributed by atoms with Gasteiger partial charge in [-0.3, -0.25) is 9.69 Å². The summed E-state index contributed by atoms with van der Waals surface area (Å²) in [7, 11) is 1.40. The lowest BCUT2D eigenvalue weighted by Gasteiger charge is -2.32. The Morgan fingerprint density at radius 3 is 2.36 bits per heavy atom. The zero-order chi connectivity index (χ0) is 11.1. The molecule has 0 bridgehead atoms. The fraction of sp³-hybridized carbons (Fsp3) is 0.900. The number of rotatable bonds is 6. The van der Waals surface area contributed by atoms with Gasteiger partial charge in [-0.25, -0.2) is 0 Å². The first-order valence-corrected chi connectivity index (χ1v) is 5.15. The molecule has 0 saturated carbocycles. The van der Waals surface area contributed by atoms with Crippen molar-refractivity contribution in [2.75, 3.05) is 20.2 Å². The molecule has 0 aromatic carbocycles. The molecule has 4 nitrogen and oxygen atoms in total. The maximum absolute atomic E-state index is 11.4. The summed E-state index contributed by atoms with van der Waals surface area (Å²) in [5, 5.41) is 0. The van der Waals surface area contributed by atoms with E-state index in [0.717, 1.165) is 13.0 Å². The number of nitrogens with two attached hydrogens (primary N) is 1. The predicted molar refractivity (Wildman–Crippen MR) is 57.0 cm³/mol. The van der Waals surface area contributed by atoms with Crippen molar-refractivity contribution in [2.24, 2.45) is 5.73 Å². The van der Waals surface area contributed by atoms with E-state index in [4.69, 9.17) is 10.5 Å². The minimum Gasteiger partial charge on any atom is -0.468 e. The van der Waals surface area contributed by atoms with Crippen molar-refractivity contribution in [1.29, 1.82) is 0 Å². The van der Waals surface area contributed by atoms with Crippen LogP contribution in [-0.2, 0) is 9.53 Å². The molecule has 0 radical (unpaired) electrons. The van der Waals surface area contributed by atoms with Crippen molar-refractivity contribution < 1.29 is 9.53 Å². The fourth-order valence-electron chi connectivity index (χ4n) is 1.58. The van der Waals surface area contributed by atoms with E-state index >= 15 is 0 Å². The number of carbonyl (C=O) groups excluding carboxylic acids is 1. The van der Waals surface area contributed by atoms with Gasteiger partial charge in [-0.2, -0.15) is 0 Å². The van der Waals surface area contributed by atoms with Crippen LogP contribution >= 0.6 is 0 Å². The standard InChI is InChI=1S/C10H22N2O2/c1-5-8(3)12(6-2)9(7-11)10(13)14-4/h8-9H,5-7,11H2,1-4H3. The number of nitrogens with zero attached hydrogens (tertiary/aromatic N) is 1. The quantitative estimate of drug-likeness (QED) is 0.641. The van der Waals surface area contributed by atoms with E-state index in [1.807, 2.05) is 6.92 Å². The Kier molecular flexibility index (Phi) is 6.49. The summed E-state index contributed by atoms with van der Waals surface area (Å²) in [6, 6.07) is 0.0487. The van der Waals surface area contributed by atoms with E-state index in [-0.39, 0.29) is 12.0 Å². The van der Waals surface area contributed by atoms with Gasteiger partial charge >= 0.3 is 5.97 Å². The van der Waals surface area contributed by atoms with Crippen LogP contribution in [0.1, 0.15) is 27.2 Å². The molecule has 2 atom stereocenters. The number of methoxy groups -OCH3 is 1. The third-order valence-electron chi connectivity index (χ3n) is 2.62. The molecular weight excluding hydrogens is 180 g/mol. The largest absolute Gasteiger partial charge is 0.468 e. The predicted octanol–water partition coefficient (Wildman–Crippen LogP) is 0.607. The molecule has 0 aromatic rings. The first kappa shape index (κ1) is 13.4. The Labute approximate surface area is 86.4 Å². The highest BCUT2D eigenvalue weighted by molar-refractivity contribution is 5.76. The van der Waals surface area contributed by atoms with Crippen molar-refractivity contribution in [2.45, 2.75) is 39.3 Å². The van der Waals surface area contributed by atoms with E-state index in [9.17, 15) is 4.79 Å². The van der Waals surface area contributed by atoms with Crippen LogP contribution in [0.25, 0.3) is 0 Å². The molecule has 4 heteroatoms. The summed E-state index contributed by atoms with van der Waals surface area (Å²) in [5.41, 5.74) is 5.58. The number of carbonyl (C=O) groups is 1. The second kappa shape index (κ2) is 6.79. The van der Waals surface area contributed by atoms with Crippen molar-refractivity contribution in [3.8, 4) is 0 Å². The number of esters is 1. The zero-order valence-corrected chi connectivity index (χ0v) is 9.62. The monoisotopic (exact) mass is 202 g/mol. The molecule has 2 unspecified atom stereocenters. The number of hydrogen-bond donors (Lipinski definition) is 1. The van der Waals surface area contributed by atoms with Gasteiger partial charge in [-0.1, -0.05) is 13.8 Å². The van der Waals surface area contributed by atoms with Crippen LogP contribution in [0.3, 0.4) is 0 Å². The zero-order valence-electron chi connectivity index (χ0n) is 9.62. The SMILES string of the molecule is CCC(C)N(CC)C(CN)C(=O)OC. The Morgan fingerprint density at radius 2 is 2.07 bits per heavy atom. The number of hydrogen-bond acceptors (Lipinski definition) is 4. The van der Waals surface area contributed by atoms with Gasteiger partial charge in [0.05, 0.1) is 7.11 Å². The summed E-state index contributed by atoms with van der Waals surface area (Å²) in [6.45, 7) is 7.34. The molecular formula is C10H22N2O2. The van der Waals surface area contributed by atoms with E-state index in [2.05, 4.69) is 18.7 Å². The lowest BCUT2D eigenvalue weighted by molar-refractivity contribution is -0.147. The Balaban J connectivity index is 4.51. The summed E-state index contributed by atoms with van der Waals surface area (Å²) in [5.74, 6) is -0.241. The third kappa shape index (κ3) is 3.27. The average molecular weight is 202 g/mol. The van der Waals surface area contributed by atoms with E-state index in [1.165, 1.54) is 7.11 Å². The van der Waals surface area contributed by atoms with Crippen LogP contribution in [0, 0.1) is 0 Å². The van der Waals surface area contributed by atoms with E-state index < -0.39 is 0 Å². The van der Waals surface area contributed by atoms with Crippen LogP contribution in [0.15, 0.2) is 0 Å². The van der Waals surface area contributed by atoms with Gasteiger partial charge in [0.25, 0.3) is 0 Å². The highest BCUT2D eigenvalue weighted by atomic mass is 16.5. The third-order valence-corrected chi connectivity index (χ3v) is 2.62. The molecule has 0 aromatic heterocycles. The molecule has 0 aliphatic carbocycles. The van der Waals surface area contributed by atoms with E-state index in [0.29, 0.717) is 12.6 Å². The van der Waals surface area contributed by atoms with Crippen molar-refractivity contribution in [1.82, 2.24) is 4.90 Å². The normalized spacial score (nSPS) is 15.3. The minimum absolute atomic E-state index is 0.241. The van der Waals surface area contributed by atoms with Crippen molar-refractivity contribution in [3.63, 3.8) is 0 Å². The van der Waals surface area contributed by atoms with Crippen LogP contribution < -0.4 is 5.73 Å². The first-order valence-electron chi connectivity index (χ1n) is 5.15. The van der Waals surface area contributed by atoms with Gasteiger partial charge in [-0.05, 0) is 19.9 Å². The highest BCUT2D eigenvalue weighted by Crippen LogP contribution is 2.09. The summed E-state index contributed by atoms with van der Waals surface area (Å²) in [4.78, 5) is 13.5. The first-order chi connectivity index (χ1) is 6.62. The van der Waals surface area contributed by atoms with Gasteiger partial charge in [0.1, 0.15) is 6.04 Å². The molecule has 0 aliphatic heterocycles. The number of likely N-dealkylation sites (N-methyl/N-ethyl adjacent to an activating group) is 1. The molecule has 0 amide bonds. The molecule has 0 rings (SSSR count). The molecule has 0 spiro atoms. The molecule has 84 valence electrons. The maximum Gasteiger partial charge on any atom is 0.324 e. The molecule has 2 N–H and O–H groups in total. The van der Waals surface area contributed by atoms with Crippen LogP contribution in [0.4, 0.5) is 0 Å². The van der Waals surface area contributed by atoms with Crippen molar-refractivity contribution >= 4 is 5.97 Å². The lowest BCUT2D eigenvalue weighted by atomic mass is 10.1.